The molecule has 2 aliphatic rings. The minimum atomic E-state index is -4.68. The summed E-state index contributed by atoms with van der Waals surface area (Å²) in [5.74, 6) is -1.87. The molecule has 1 unspecified atom stereocenters. The topological polar surface area (TPSA) is 116 Å². The first-order valence-electron chi connectivity index (χ1n) is 9.94. The van der Waals surface area contributed by atoms with Crippen molar-refractivity contribution in [1.82, 2.24) is 20.1 Å². The molecule has 4 amide bonds. The molecule has 2 fully saturated rings. The van der Waals surface area contributed by atoms with Crippen molar-refractivity contribution < 1.29 is 36.0 Å². The highest BCUT2D eigenvalue weighted by Gasteiger charge is 2.48. The van der Waals surface area contributed by atoms with E-state index < -0.39 is 56.0 Å². The van der Waals surface area contributed by atoms with Gasteiger partial charge in [-0.2, -0.15) is 22.5 Å². The van der Waals surface area contributed by atoms with Crippen molar-refractivity contribution in [2.45, 2.75) is 49.7 Å². The standard InChI is InChI=1S/C19H23F3N4O5S/c1-3-18(2)16(28)26(17(29)23-18)24-15(27)12-7-9-25(10-8-12)32(30,31)14-6-4-5-13(11-14)19(20,21)22/h4-6,11-12H,3,7-10H2,1-2H3,(H,23,29)(H,24,27). The molecule has 0 saturated carbocycles. The first kappa shape index (κ1) is 24.0. The van der Waals surface area contributed by atoms with Crippen LogP contribution in [0.25, 0.3) is 0 Å². The van der Waals surface area contributed by atoms with Gasteiger partial charge >= 0.3 is 12.2 Å². The molecular weight excluding hydrogens is 453 g/mol. The fourth-order valence-electron chi connectivity index (χ4n) is 3.57. The van der Waals surface area contributed by atoms with Gasteiger partial charge in [0.1, 0.15) is 5.54 Å². The Labute approximate surface area is 182 Å². The van der Waals surface area contributed by atoms with E-state index in [0.29, 0.717) is 17.5 Å². The molecule has 9 nitrogen and oxygen atoms in total. The number of hydrogen-bond acceptors (Lipinski definition) is 5. The van der Waals surface area contributed by atoms with Gasteiger partial charge in [0.05, 0.1) is 10.5 Å². The lowest BCUT2D eigenvalue weighted by atomic mass is 9.97. The number of urea groups is 1. The average Bonchev–Trinajstić information content (AvgIpc) is 2.96. The molecule has 0 aromatic heterocycles. The molecule has 2 heterocycles. The second-order valence-electron chi connectivity index (χ2n) is 7.94. The number of sulfonamides is 1. The fourth-order valence-corrected chi connectivity index (χ4v) is 5.08. The maximum absolute atomic E-state index is 12.9. The highest BCUT2D eigenvalue weighted by molar-refractivity contribution is 7.89. The van der Waals surface area contributed by atoms with E-state index in [1.807, 2.05) is 0 Å². The number of nitrogens with one attached hydrogen (secondary N) is 2. The zero-order chi connectivity index (χ0) is 23.9. The van der Waals surface area contributed by atoms with E-state index >= 15 is 0 Å². The number of nitrogens with zero attached hydrogens (tertiary/aromatic N) is 2. The number of alkyl halides is 3. The molecule has 3 rings (SSSR count). The van der Waals surface area contributed by atoms with Crippen molar-refractivity contribution >= 4 is 27.9 Å². The lowest BCUT2D eigenvalue weighted by molar-refractivity contribution is -0.140. The Bertz CT molecular complexity index is 1040. The molecule has 2 saturated heterocycles. The van der Waals surface area contributed by atoms with Crippen LogP contribution < -0.4 is 10.7 Å². The number of rotatable bonds is 5. The summed E-state index contributed by atoms with van der Waals surface area (Å²) in [5, 5.41) is 3.13. The monoisotopic (exact) mass is 476 g/mol. The number of halogens is 3. The van der Waals surface area contributed by atoms with E-state index in [0.717, 1.165) is 22.5 Å². The van der Waals surface area contributed by atoms with Gasteiger partial charge in [0.25, 0.3) is 5.91 Å². The molecule has 176 valence electrons. The minimum absolute atomic E-state index is 0.0821. The zero-order valence-corrected chi connectivity index (χ0v) is 18.2. The van der Waals surface area contributed by atoms with Crippen molar-refractivity contribution in [2.75, 3.05) is 13.1 Å². The second kappa shape index (κ2) is 8.35. The second-order valence-corrected chi connectivity index (χ2v) is 9.87. The van der Waals surface area contributed by atoms with Crippen LogP contribution in [-0.4, -0.2) is 54.2 Å². The molecule has 0 spiro atoms. The summed E-state index contributed by atoms with van der Waals surface area (Å²) >= 11 is 0. The number of imide groups is 1. The van der Waals surface area contributed by atoms with Gasteiger partial charge in [-0.05, 0) is 44.4 Å². The Morgan fingerprint density at radius 2 is 1.88 bits per heavy atom. The normalized spacial score (nSPS) is 23.3. The summed E-state index contributed by atoms with van der Waals surface area (Å²) in [4.78, 5) is 36.5. The Hall–Kier alpha value is -2.67. The van der Waals surface area contributed by atoms with Crippen molar-refractivity contribution in [3.8, 4) is 0 Å². The van der Waals surface area contributed by atoms with E-state index in [1.165, 1.54) is 6.92 Å². The van der Waals surface area contributed by atoms with Crippen LogP contribution in [-0.2, 0) is 25.8 Å². The number of hydrogen-bond donors (Lipinski definition) is 2. The van der Waals surface area contributed by atoms with E-state index in [9.17, 15) is 36.0 Å². The molecule has 0 bridgehead atoms. The molecule has 1 aromatic rings. The molecular formula is C19H23F3N4O5S. The van der Waals surface area contributed by atoms with Gasteiger partial charge in [-0.3, -0.25) is 15.0 Å². The number of benzene rings is 1. The van der Waals surface area contributed by atoms with Crippen molar-refractivity contribution in [3.05, 3.63) is 29.8 Å². The predicted octanol–water partition coefficient (Wildman–Crippen LogP) is 1.86. The van der Waals surface area contributed by atoms with Gasteiger partial charge in [-0.25, -0.2) is 13.2 Å². The summed E-state index contributed by atoms with van der Waals surface area (Å²) in [6.45, 7) is 3.06. The zero-order valence-electron chi connectivity index (χ0n) is 17.4. The minimum Gasteiger partial charge on any atom is -0.322 e. The van der Waals surface area contributed by atoms with E-state index in [4.69, 9.17) is 0 Å². The van der Waals surface area contributed by atoms with Gasteiger partial charge in [-0.1, -0.05) is 13.0 Å². The third-order valence-corrected chi connectivity index (χ3v) is 7.71. The number of amides is 4. The van der Waals surface area contributed by atoms with Crippen LogP contribution in [0.5, 0.6) is 0 Å². The number of carbonyl (C=O) groups is 3. The van der Waals surface area contributed by atoms with Crippen LogP contribution in [0, 0.1) is 5.92 Å². The maximum Gasteiger partial charge on any atom is 0.416 e. The average molecular weight is 476 g/mol. The summed E-state index contributed by atoms with van der Waals surface area (Å²) in [5.41, 5.74) is 0.0995. The summed E-state index contributed by atoms with van der Waals surface area (Å²) in [6, 6.07) is 2.73. The quantitative estimate of drug-likeness (QED) is 0.630. The summed E-state index contributed by atoms with van der Waals surface area (Å²) in [6.07, 6.45) is -4.18. The Morgan fingerprint density at radius 3 is 2.41 bits per heavy atom. The fraction of sp³-hybridized carbons (Fsp3) is 0.526. The largest absolute Gasteiger partial charge is 0.416 e. The van der Waals surface area contributed by atoms with Crippen LogP contribution in [0.1, 0.15) is 38.7 Å². The number of carbonyl (C=O) groups excluding carboxylic acids is 3. The van der Waals surface area contributed by atoms with Gasteiger partial charge in [-0.15, -0.1) is 0 Å². The molecule has 1 aromatic carbocycles. The van der Waals surface area contributed by atoms with Crippen LogP contribution in [0.4, 0.5) is 18.0 Å². The summed E-state index contributed by atoms with van der Waals surface area (Å²) < 4.78 is 65.3. The first-order valence-corrected chi connectivity index (χ1v) is 11.4. The van der Waals surface area contributed by atoms with Crippen LogP contribution >= 0.6 is 0 Å². The van der Waals surface area contributed by atoms with Crippen LogP contribution in [0.15, 0.2) is 29.2 Å². The molecule has 32 heavy (non-hydrogen) atoms. The lowest BCUT2D eigenvalue weighted by Gasteiger charge is -2.31. The molecule has 1 atom stereocenters. The van der Waals surface area contributed by atoms with Crippen LogP contribution in [0.3, 0.4) is 0 Å². The van der Waals surface area contributed by atoms with E-state index in [2.05, 4.69) is 10.7 Å². The third-order valence-electron chi connectivity index (χ3n) is 5.81. The van der Waals surface area contributed by atoms with E-state index in [-0.39, 0.29) is 25.9 Å². The van der Waals surface area contributed by atoms with Gasteiger partial charge < -0.3 is 5.32 Å². The smallest absolute Gasteiger partial charge is 0.322 e. The van der Waals surface area contributed by atoms with Crippen LogP contribution in [0.2, 0.25) is 0 Å². The third kappa shape index (κ3) is 4.44. The molecule has 13 heteroatoms. The summed E-state index contributed by atoms with van der Waals surface area (Å²) in [7, 11) is -4.18. The molecule has 0 radical (unpaired) electrons. The van der Waals surface area contributed by atoms with Gasteiger partial charge in [0.2, 0.25) is 15.9 Å². The maximum atomic E-state index is 12.9. The highest BCUT2D eigenvalue weighted by atomic mass is 32.2. The van der Waals surface area contributed by atoms with E-state index in [1.54, 1.807) is 6.92 Å². The Morgan fingerprint density at radius 1 is 1.25 bits per heavy atom. The number of piperidine rings is 1. The molecule has 2 aliphatic heterocycles. The predicted molar refractivity (Wildman–Crippen MR) is 105 cm³/mol. The highest BCUT2D eigenvalue weighted by Crippen LogP contribution is 2.32. The van der Waals surface area contributed by atoms with Gasteiger partial charge in [0.15, 0.2) is 0 Å². The Balaban J connectivity index is 1.64. The SMILES string of the molecule is CCC1(C)NC(=O)N(NC(=O)C2CCN(S(=O)(=O)c3cccc(C(F)(F)F)c3)CC2)C1=O. The number of hydrazine groups is 1. The van der Waals surface area contributed by atoms with Crippen molar-refractivity contribution in [2.24, 2.45) is 5.92 Å². The van der Waals surface area contributed by atoms with Gasteiger partial charge in [0, 0.05) is 19.0 Å². The molecule has 0 aliphatic carbocycles. The van der Waals surface area contributed by atoms with Crippen molar-refractivity contribution in [3.63, 3.8) is 0 Å². The first-order chi connectivity index (χ1) is 14.8. The Kier molecular flexibility index (Phi) is 6.26. The lowest BCUT2D eigenvalue weighted by Crippen LogP contribution is -2.51. The molecule has 2 N–H and O–H groups in total. The van der Waals surface area contributed by atoms with Crippen molar-refractivity contribution in [1.29, 1.82) is 0 Å².